The first-order valence-corrected chi connectivity index (χ1v) is 11.8. The molecule has 162 valence electrons. The third kappa shape index (κ3) is 6.37. The summed E-state index contributed by atoms with van der Waals surface area (Å²) in [5.41, 5.74) is 2.51. The van der Waals surface area contributed by atoms with E-state index in [1.54, 1.807) is 11.0 Å². The molecule has 1 saturated heterocycles. The van der Waals surface area contributed by atoms with E-state index in [1.807, 2.05) is 44.4 Å². The zero-order chi connectivity index (χ0) is 21.5. The van der Waals surface area contributed by atoms with Crippen molar-refractivity contribution in [3.8, 4) is 0 Å². The van der Waals surface area contributed by atoms with Crippen LogP contribution in [0.1, 0.15) is 61.1 Å². The Labute approximate surface area is 183 Å². The number of piperidine rings is 1. The number of anilines is 1. The molecule has 30 heavy (non-hydrogen) atoms. The summed E-state index contributed by atoms with van der Waals surface area (Å²) in [6.45, 7) is 9.28. The average Bonchev–Trinajstić information content (AvgIpc) is 3.14. The van der Waals surface area contributed by atoms with Gasteiger partial charge in [-0.2, -0.15) is 0 Å². The zero-order valence-electron chi connectivity index (χ0n) is 18.2. The number of rotatable bonds is 8. The zero-order valence-corrected chi connectivity index (χ0v) is 19.0. The Hall–Kier alpha value is -2.25. The Morgan fingerprint density at radius 2 is 1.90 bits per heavy atom. The molecule has 2 amide bonds. The van der Waals surface area contributed by atoms with E-state index in [9.17, 15) is 9.59 Å². The number of thiazole rings is 1. The Balaban J connectivity index is 1.62. The molecule has 1 fully saturated rings. The first-order chi connectivity index (χ1) is 14.4. The molecule has 7 heteroatoms. The number of hydrogen-bond acceptors (Lipinski definition) is 4. The lowest BCUT2D eigenvalue weighted by Gasteiger charge is -2.22. The van der Waals surface area contributed by atoms with Gasteiger partial charge in [0.25, 0.3) is 5.91 Å². The van der Waals surface area contributed by atoms with E-state index in [2.05, 4.69) is 15.6 Å². The largest absolute Gasteiger partial charge is 0.340 e. The van der Waals surface area contributed by atoms with Crippen molar-refractivity contribution in [3.63, 3.8) is 0 Å². The molecule has 2 heterocycles. The van der Waals surface area contributed by atoms with Gasteiger partial charge < -0.3 is 15.5 Å². The predicted molar refractivity (Wildman–Crippen MR) is 121 cm³/mol. The molecule has 1 aliphatic heterocycles. The van der Waals surface area contributed by atoms with Crippen molar-refractivity contribution in [2.24, 2.45) is 5.92 Å². The van der Waals surface area contributed by atoms with Crippen LogP contribution in [0.15, 0.2) is 29.6 Å². The van der Waals surface area contributed by atoms with Gasteiger partial charge in [-0.05, 0) is 50.2 Å². The van der Waals surface area contributed by atoms with Gasteiger partial charge in [-0.1, -0.05) is 32.0 Å². The van der Waals surface area contributed by atoms with Gasteiger partial charge in [-0.25, -0.2) is 4.98 Å². The number of nitrogens with one attached hydrogen (secondary N) is 3. The van der Waals surface area contributed by atoms with Crippen LogP contribution in [-0.4, -0.2) is 35.9 Å². The van der Waals surface area contributed by atoms with Crippen LogP contribution in [0.5, 0.6) is 0 Å². The number of likely N-dealkylation sites (tertiary alicyclic amines) is 1. The van der Waals surface area contributed by atoms with Crippen LogP contribution in [0.4, 0.5) is 5.13 Å². The van der Waals surface area contributed by atoms with Gasteiger partial charge in [0, 0.05) is 10.9 Å². The predicted octanol–water partition coefficient (Wildman–Crippen LogP) is 2.80. The number of aryl methyl sites for hydroxylation is 1. The van der Waals surface area contributed by atoms with Crippen LogP contribution in [0, 0.1) is 12.8 Å². The van der Waals surface area contributed by atoms with Crippen LogP contribution in [-0.2, 0) is 11.3 Å². The van der Waals surface area contributed by atoms with Crippen molar-refractivity contribution in [2.45, 2.75) is 59.0 Å². The molecule has 6 nitrogen and oxygen atoms in total. The van der Waals surface area contributed by atoms with Crippen LogP contribution in [0.25, 0.3) is 0 Å². The van der Waals surface area contributed by atoms with Crippen molar-refractivity contribution < 1.29 is 14.5 Å². The smallest absolute Gasteiger partial charge is 0.252 e. The third-order valence-corrected chi connectivity index (χ3v) is 6.30. The summed E-state index contributed by atoms with van der Waals surface area (Å²) in [6.07, 6.45) is 4.45. The molecular weight excluding hydrogens is 396 g/mol. The van der Waals surface area contributed by atoms with Crippen LogP contribution in [0.3, 0.4) is 0 Å². The van der Waals surface area contributed by atoms with Gasteiger partial charge in [0.15, 0.2) is 5.13 Å². The Kier molecular flexibility index (Phi) is 7.99. The van der Waals surface area contributed by atoms with Crippen molar-refractivity contribution >= 4 is 28.3 Å². The van der Waals surface area contributed by atoms with Crippen LogP contribution < -0.4 is 15.5 Å². The molecule has 1 atom stereocenters. The van der Waals surface area contributed by atoms with Crippen molar-refractivity contribution in [1.29, 1.82) is 0 Å². The topological polar surface area (TPSA) is 75.5 Å². The molecular formula is C23H33N4O2S+. The third-order valence-electron chi connectivity index (χ3n) is 5.49. The molecule has 1 aliphatic rings. The van der Waals surface area contributed by atoms with Gasteiger partial charge in [0.2, 0.25) is 5.91 Å². The summed E-state index contributed by atoms with van der Waals surface area (Å²) in [5.74, 6) is -0.160. The first kappa shape index (κ1) is 22.4. The molecule has 1 aromatic heterocycles. The first-order valence-electron chi connectivity index (χ1n) is 10.9. The standard InChI is InChI=1S/C23H32N4O2S/c1-16(2)13-20(25-21(28)19-10-6-5-9-17(19)3)22(29)26-23-24-18(15-30-23)14-27-11-7-4-8-12-27/h5-6,9-10,15-16,20H,4,7-8,11-14H2,1-3H3,(H,25,28)(H,24,26,29)/p+1/t20-/m1/s1. The maximum atomic E-state index is 12.9. The summed E-state index contributed by atoms with van der Waals surface area (Å²) in [7, 11) is 0. The van der Waals surface area contributed by atoms with E-state index in [-0.39, 0.29) is 17.7 Å². The molecule has 3 rings (SSSR count). The molecule has 0 radical (unpaired) electrons. The van der Waals surface area contributed by atoms with Gasteiger partial charge in [0.1, 0.15) is 18.3 Å². The molecule has 3 N–H and O–H groups in total. The number of hydrogen-bond donors (Lipinski definition) is 3. The molecule has 2 aromatic rings. The second kappa shape index (κ2) is 10.7. The van der Waals surface area contributed by atoms with E-state index in [0.717, 1.165) is 17.8 Å². The lowest BCUT2D eigenvalue weighted by atomic mass is 10.0. The van der Waals surface area contributed by atoms with E-state index < -0.39 is 6.04 Å². The van der Waals surface area contributed by atoms with Gasteiger partial charge in [-0.15, -0.1) is 11.3 Å². The minimum atomic E-state index is -0.600. The fourth-order valence-corrected chi connectivity index (χ4v) is 4.60. The van der Waals surface area contributed by atoms with Crippen molar-refractivity contribution in [2.75, 3.05) is 18.4 Å². The van der Waals surface area contributed by atoms with E-state index in [4.69, 9.17) is 0 Å². The summed E-state index contributed by atoms with van der Waals surface area (Å²) >= 11 is 1.45. The second-order valence-corrected chi connectivity index (χ2v) is 9.45. The molecule has 0 aliphatic carbocycles. The minimum absolute atomic E-state index is 0.211. The average molecular weight is 430 g/mol. The monoisotopic (exact) mass is 429 g/mol. The maximum absolute atomic E-state index is 12.9. The molecule has 0 spiro atoms. The number of carbonyl (C=O) groups excluding carboxylic acids is 2. The highest BCUT2D eigenvalue weighted by molar-refractivity contribution is 7.13. The fraction of sp³-hybridized carbons (Fsp3) is 0.522. The molecule has 1 aromatic carbocycles. The van der Waals surface area contributed by atoms with Gasteiger partial charge in [0.05, 0.1) is 13.1 Å². The SMILES string of the molecule is Cc1ccccc1C(=O)N[C@H](CC(C)C)C(=O)Nc1nc(C[NH+]2CCCCC2)cs1. The highest BCUT2D eigenvalue weighted by Gasteiger charge is 2.24. The lowest BCUT2D eigenvalue weighted by Crippen LogP contribution is -3.11. The molecule has 0 bridgehead atoms. The van der Waals surface area contributed by atoms with Crippen molar-refractivity contribution in [1.82, 2.24) is 10.3 Å². The molecule has 0 saturated carbocycles. The van der Waals surface area contributed by atoms with E-state index in [1.165, 1.54) is 43.7 Å². The Morgan fingerprint density at radius 3 is 2.60 bits per heavy atom. The number of nitrogens with zero attached hydrogens (tertiary/aromatic N) is 1. The summed E-state index contributed by atoms with van der Waals surface area (Å²) in [4.78, 5) is 31.8. The minimum Gasteiger partial charge on any atom is -0.340 e. The van der Waals surface area contributed by atoms with Gasteiger partial charge >= 0.3 is 0 Å². The highest BCUT2D eigenvalue weighted by atomic mass is 32.1. The summed E-state index contributed by atoms with van der Waals surface area (Å²) in [5, 5.41) is 8.47. The summed E-state index contributed by atoms with van der Waals surface area (Å²) in [6, 6.07) is 6.81. The normalized spacial score (nSPS) is 15.7. The lowest BCUT2D eigenvalue weighted by molar-refractivity contribution is -0.918. The number of aromatic nitrogens is 1. The maximum Gasteiger partial charge on any atom is 0.252 e. The molecule has 0 unspecified atom stereocenters. The highest BCUT2D eigenvalue weighted by Crippen LogP contribution is 2.17. The van der Waals surface area contributed by atoms with E-state index in [0.29, 0.717) is 17.1 Å². The quantitative estimate of drug-likeness (QED) is 0.604. The Bertz CT molecular complexity index is 858. The Morgan fingerprint density at radius 1 is 1.17 bits per heavy atom. The van der Waals surface area contributed by atoms with E-state index >= 15 is 0 Å². The fourth-order valence-electron chi connectivity index (χ4n) is 3.89. The summed E-state index contributed by atoms with van der Waals surface area (Å²) < 4.78 is 0. The number of quaternary nitrogens is 1. The van der Waals surface area contributed by atoms with Crippen LogP contribution in [0.2, 0.25) is 0 Å². The van der Waals surface area contributed by atoms with Crippen molar-refractivity contribution in [3.05, 3.63) is 46.5 Å². The number of amides is 2. The van der Waals surface area contributed by atoms with Gasteiger partial charge in [-0.3, -0.25) is 9.59 Å². The van der Waals surface area contributed by atoms with Crippen LogP contribution >= 0.6 is 11.3 Å². The number of benzene rings is 1. The second-order valence-electron chi connectivity index (χ2n) is 8.59. The number of carbonyl (C=O) groups is 2.